The summed E-state index contributed by atoms with van der Waals surface area (Å²) in [6.07, 6.45) is 0.317. The molecule has 0 spiro atoms. The van der Waals surface area contributed by atoms with Gasteiger partial charge in [0.2, 0.25) is 0 Å². The second kappa shape index (κ2) is 6.03. The third kappa shape index (κ3) is 2.70. The van der Waals surface area contributed by atoms with Gasteiger partial charge in [-0.1, -0.05) is 18.2 Å². The van der Waals surface area contributed by atoms with E-state index in [0.29, 0.717) is 13.0 Å². The fourth-order valence-electron chi connectivity index (χ4n) is 3.45. The van der Waals surface area contributed by atoms with Crippen molar-refractivity contribution in [3.63, 3.8) is 0 Å². The smallest absolute Gasteiger partial charge is 0.145 e. The molecule has 2 atom stereocenters. The molecule has 0 bridgehead atoms. The summed E-state index contributed by atoms with van der Waals surface area (Å²) in [4.78, 5) is 38.6. The number of ketones is 3. The van der Waals surface area contributed by atoms with Crippen molar-refractivity contribution < 1.29 is 14.4 Å². The van der Waals surface area contributed by atoms with E-state index in [9.17, 15) is 14.4 Å². The zero-order valence-corrected chi connectivity index (χ0v) is 13.6. The van der Waals surface area contributed by atoms with Crippen molar-refractivity contribution in [3.8, 4) is 0 Å². The van der Waals surface area contributed by atoms with Gasteiger partial charge in [-0.25, -0.2) is 0 Å². The second-order valence-corrected chi connectivity index (χ2v) is 6.32. The molecule has 2 rings (SSSR count). The molecule has 0 aliphatic carbocycles. The first-order valence-electron chi connectivity index (χ1n) is 7.64. The highest BCUT2D eigenvalue weighted by Crippen LogP contribution is 2.40. The lowest BCUT2D eigenvalue weighted by atomic mass is 9.67. The van der Waals surface area contributed by atoms with Gasteiger partial charge in [-0.3, -0.25) is 14.4 Å². The highest BCUT2D eigenvalue weighted by Gasteiger charge is 2.50. The number of hydrogen-bond donors (Lipinski definition) is 0. The first-order chi connectivity index (χ1) is 10.3. The van der Waals surface area contributed by atoms with Crippen LogP contribution < -0.4 is 4.90 Å². The molecular weight excluding hydrogens is 278 g/mol. The Morgan fingerprint density at radius 1 is 1.05 bits per heavy atom. The molecule has 1 aliphatic rings. The minimum absolute atomic E-state index is 0.0278. The highest BCUT2D eigenvalue weighted by molar-refractivity contribution is 6.06. The molecule has 4 heteroatoms. The van der Waals surface area contributed by atoms with Gasteiger partial charge in [-0.2, -0.15) is 0 Å². The summed E-state index contributed by atoms with van der Waals surface area (Å²) in [7, 11) is 0. The molecule has 1 heterocycles. The van der Waals surface area contributed by atoms with Crippen molar-refractivity contribution in [1.82, 2.24) is 0 Å². The molecule has 1 fully saturated rings. The number of hydrogen-bond acceptors (Lipinski definition) is 4. The van der Waals surface area contributed by atoms with Crippen LogP contribution in [0.3, 0.4) is 0 Å². The van der Waals surface area contributed by atoms with E-state index in [0.717, 1.165) is 5.69 Å². The Kier molecular flexibility index (Phi) is 4.50. The fraction of sp³-hybridized carbons (Fsp3) is 0.500. The number of Topliss-reactive ketones (excluding diaryl/α,β-unsaturated/α-hetero) is 3. The Labute approximate surface area is 131 Å². The normalized spacial score (nSPS) is 23.9. The molecule has 0 aromatic heterocycles. The second-order valence-electron chi connectivity index (χ2n) is 6.32. The summed E-state index contributed by atoms with van der Waals surface area (Å²) < 4.78 is 0. The van der Waals surface area contributed by atoms with Crippen LogP contribution in [0, 0.1) is 11.3 Å². The number of nitrogens with zero attached hydrogens (tertiary/aromatic N) is 1. The van der Waals surface area contributed by atoms with Crippen molar-refractivity contribution in [2.75, 3.05) is 11.4 Å². The lowest BCUT2D eigenvalue weighted by molar-refractivity contribution is -0.141. The average Bonchev–Trinajstić information content (AvgIpc) is 2.47. The molecule has 0 N–H and O–H groups in total. The summed E-state index contributed by atoms with van der Waals surface area (Å²) in [5, 5.41) is 0. The van der Waals surface area contributed by atoms with E-state index in [-0.39, 0.29) is 29.3 Å². The van der Waals surface area contributed by atoms with Crippen LogP contribution >= 0.6 is 0 Å². The minimum atomic E-state index is -1.08. The van der Waals surface area contributed by atoms with Gasteiger partial charge in [-0.05, 0) is 46.2 Å². The van der Waals surface area contributed by atoms with Crippen LogP contribution in [0.25, 0.3) is 0 Å². The maximum absolute atomic E-state index is 12.3. The van der Waals surface area contributed by atoms with E-state index in [1.54, 1.807) is 6.92 Å². The van der Waals surface area contributed by atoms with E-state index in [1.807, 2.05) is 42.2 Å². The zero-order valence-electron chi connectivity index (χ0n) is 13.6. The largest absolute Gasteiger partial charge is 0.367 e. The Morgan fingerprint density at radius 2 is 1.59 bits per heavy atom. The Bertz CT molecular complexity index is 580. The lowest BCUT2D eigenvalue weighted by Gasteiger charge is -2.48. The zero-order chi connectivity index (χ0) is 16.5. The van der Waals surface area contributed by atoms with Crippen molar-refractivity contribution in [2.45, 2.75) is 40.2 Å². The Morgan fingerprint density at radius 3 is 2.05 bits per heavy atom. The maximum Gasteiger partial charge on any atom is 0.145 e. The fourth-order valence-corrected chi connectivity index (χ4v) is 3.45. The number of para-hydroxylation sites is 1. The molecule has 1 aliphatic heterocycles. The molecule has 0 radical (unpaired) electrons. The summed E-state index contributed by atoms with van der Waals surface area (Å²) in [5.74, 6) is -0.597. The maximum atomic E-state index is 12.3. The van der Waals surface area contributed by atoms with Crippen LogP contribution in [0.15, 0.2) is 30.3 Å². The van der Waals surface area contributed by atoms with Crippen molar-refractivity contribution in [2.24, 2.45) is 11.3 Å². The predicted molar refractivity (Wildman–Crippen MR) is 85.8 cm³/mol. The number of carbonyl (C=O) groups excluding carboxylic acids is 3. The topological polar surface area (TPSA) is 54.5 Å². The average molecular weight is 301 g/mol. The number of piperidine rings is 1. The monoisotopic (exact) mass is 301 g/mol. The third-order valence-electron chi connectivity index (χ3n) is 5.04. The Balaban J connectivity index is 2.51. The summed E-state index contributed by atoms with van der Waals surface area (Å²) >= 11 is 0. The summed E-state index contributed by atoms with van der Waals surface area (Å²) in [6, 6.07) is 9.62. The summed E-state index contributed by atoms with van der Waals surface area (Å²) in [5.41, 5.74) is -0.147. The SMILES string of the molecule is CC(=O)C1CC(C(C)=O)(C(C)=O)CN(c2ccccc2)C1C. The summed E-state index contributed by atoms with van der Waals surface area (Å²) in [6.45, 7) is 6.78. The molecule has 0 saturated carbocycles. The van der Waals surface area contributed by atoms with Gasteiger partial charge in [-0.15, -0.1) is 0 Å². The number of rotatable bonds is 4. The molecule has 22 heavy (non-hydrogen) atoms. The standard InChI is InChI=1S/C18H23NO3/c1-12-17(13(2)20)10-18(14(3)21,15(4)22)11-19(12)16-8-6-5-7-9-16/h5-9,12,17H,10-11H2,1-4H3. The van der Waals surface area contributed by atoms with Crippen LogP contribution in [-0.4, -0.2) is 29.9 Å². The van der Waals surface area contributed by atoms with Gasteiger partial charge in [0.1, 0.15) is 22.8 Å². The molecule has 2 unspecified atom stereocenters. The van der Waals surface area contributed by atoms with Crippen LogP contribution in [0.1, 0.15) is 34.1 Å². The van der Waals surface area contributed by atoms with E-state index in [2.05, 4.69) is 0 Å². The quantitative estimate of drug-likeness (QED) is 0.802. The van der Waals surface area contributed by atoms with Crippen molar-refractivity contribution in [1.29, 1.82) is 0 Å². The molecule has 1 aromatic rings. The lowest BCUT2D eigenvalue weighted by Crippen LogP contribution is -2.59. The van der Waals surface area contributed by atoms with Crippen LogP contribution in [0.4, 0.5) is 5.69 Å². The number of benzene rings is 1. The van der Waals surface area contributed by atoms with E-state index in [1.165, 1.54) is 13.8 Å². The number of anilines is 1. The van der Waals surface area contributed by atoms with Gasteiger partial charge in [0.15, 0.2) is 0 Å². The van der Waals surface area contributed by atoms with E-state index >= 15 is 0 Å². The molecule has 1 aromatic carbocycles. The first kappa shape index (κ1) is 16.4. The first-order valence-corrected chi connectivity index (χ1v) is 7.64. The molecular formula is C18H23NO3. The molecule has 4 nitrogen and oxygen atoms in total. The third-order valence-corrected chi connectivity index (χ3v) is 5.04. The van der Waals surface area contributed by atoms with Gasteiger partial charge in [0, 0.05) is 24.2 Å². The van der Waals surface area contributed by atoms with Crippen LogP contribution in [0.2, 0.25) is 0 Å². The van der Waals surface area contributed by atoms with Gasteiger partial charge < -0.3 is 4.90 Å². The van der Waals surface area contributed by atoms with Gasteiger partial charge >= 0.3 is 0 Å². The van der Waals surface area contributed by atoms with Crippen LogP contribution in [0.5, 0.6) is 0 Å². The molecule has 0 amide bonds. The van der Waals surface area contributed by atoms with E-state index in [4.69, 9.17) is 0 Å². The van der Waals surface area contributed by atoms with Crippen molar-refractivity contribution in [3.05, 3.63) is 30.3 Å². The van der Waals surface area contributed by atoms with Crippen molar-refractivity contribution >= 4 is 23.0 Å². The predicted octanol–water partition coefficient (Wildman–Crippen LogP) is 2.65. The van der Waals surface area contributed by atoms with Crippen LogP contribution in [-0.2, 0) is 14.4 Å². The highest BCUT2D eigenvalue weighted by atomic mass is 16.2. The van der Waals surface area contributed by atoms with E-state index < -0.39 is 5.41 Å². The van der Waals surface area contributed by atoms with Gasteiger partial charge in [0.05, 0.1) is 0 Å². The van der Waals surface area contributed by atoms with Gasteiger partial charge in [0.25, 0.3) is 0 Å². The number of carbonyl (C=O) groups is 3. The molecule has 118 valence electrons. The molecule has 1 saturated heterocycles. The Hall–Kier alpha value is -1.97. The minimum Gasteiger partial charge on any atom is -0.367 e.